The maximum absolute atomic E-state index is 14.0. The number of carbonyl (C=O) groups excluding carboxylic acids is 3. The van der Waals surface area contributed by atoms with Crippen molar-refractivity contribution in [1.29, 1.82) is 5.41 Å². The summed E-state index contributed by atoms with van der Waals surface area (Å²) in [6, 6.07) is 19.4. The van der Waals surface area contributed by atoms with Gasteiger partial charge in [0, 0.05) is 26.2 Å². The Bertz CT molecular complexity index is 1610. The molecule has 1 atom stereocenters. The number of hydrogen-bond donors (Lipinski definition) is 4. The summed E-state index contributed by atoms with van der Waals surface area (Å²) in [5, 5.41) is 12.0. The zero-order chi connectivity index (χ0) is 32.4. The molecule has 1 aliphatic heterocycles. The summed E-state index contributed by atoms with van der Waals surface area (Å²) in [6.07, 6.45) is 0.967. The summed E-state index contributed by atoms with van der Waals surface area (Å²) >= 11 is 0. The Labute approximate surface area is 263 Å². The van der Waals surface area contributed by atoms with E-state index in [1.165, 1.54) is 17.0 Å². The number of hydrogen-bond acceptors (Lipinski definition) is 7. The number of amides is 2. The molecule has 1 aliphatic rings. The number of nitrogens with one attached hydrogen (secondary N) is 3. The maximum Gasteiger partial charge on any atom is 0.325 e. The highest BCUT2D eigenvalue weighted by Crippen LogP contribution is 2.20. The summed E-state index contributed by atoms with van der Waals surface area (Å²) in [5.41, 5.74) is 6.29. The van der Waals surface area contributed by atoms with Gasteiger partial charge in [0.05, 0.1) is 17.9 Å². The fourth-order valence-corrected chi connectivity index (χ4v) is 6.49. The van der Waals surface area contributed by atoms with Gasteiger partial charge in [-0.15, -0.1) is 0 Å². The van der Waals surface area contributed by atoms with Gasteiger partial charge in [-0.25, -0.2) is 8.42 Å². The Morgan fingerprint density at radius 1 is 1.02 bits per heavy atom. The van der Waals surface area contributed by atoms with Crippen LogP contribution in [0.25, 0.3) is 10.8 Å². The third-order valence-corrected chi connectivity index (χ3v) is 9.18. The van der Waals surface area contributed by atoms with Crippen LogP contribution in [0.1, 0.15) is 31.7 Å². The molecular weight excluding hydrogens is 596 g/mol. The molecule has 0 spiro atoms. The van der Waals surface area contributed by atoms with E-state index < -0.39 is 46.8 Å². The molecular formula is C32H40N6O6S. The lowest BCUT2D eigenvalue weighted by molar-refractivity contribution is -0.150. The van der Waals surface area contributed by atoms with Crippen LogP contribution in [0, 0.1) is 11.3 Å². The first-order valence-electron chi connectivity index (χ1n) is 14.9. The maximum atomic E-state index is 14.0. The van der Waals surface area contributed by atoms with Gasteiger partial charge in [0.2, 0.25) is 21.8 Å². The monoisotopic (exact) mass is 636 g/mol. The van der Waals surface area contributed by atoms with E-state index in [1.807, 2.05) is 18.2 Å². The number of benzene rings is 3. The van der Waals surface area contributed by atoms with Gasteiger partial charge in [-0.3, -0.25) is 19.8 Å². The highest BCUT2D eigenvalue weighted by Gasteiger charge is 2.33. The standard InChI is InChI=1S/C32H40N6O6S/c1-2-44-30(40)22-38(21-24-8-4-3-5-9-24)31(41)28(19-29(39)35-20-23-14-16-37(17-15-23)32(33)34)36-45(42,43)27-13-12-25-10-6-7-11-26(25)18-27/h3-13,18,23,28,36H,2,14-17,19-22H2,1H3,(H3,33,34)(H,35,39)/t28-/m0/s1. The molecule has 2 amide bonds. The van der Waals surface area contributed by atoms with E-state index >= 15 is 0 Å². The molecule has 4 rings (SSSR count). The van der Waals surface area contributed by atoms with Crippen LogP contribution in [0.5, 0.6) is 0 Å². The zero-order valence-electron chi connectivity index (χ0n) is 25.3. The molecule has 1 heterocycles. The molecule has 3 aromatic rings. The van der Waals surface area contributed by atoms with Crippen molar-refractivity contribution in [2.75, 3.05) is 32.8 Å². The molecule has 1 fully saturated rings. The second kappa shape index (κ2) is 15.5. The molecule has 5 N–H and O–H groups in total. The average Bonchev–Trinajstić information content (AvgIpc) is 3.03. The lowest BCUT2D eigenvalue weighted by atomic mass is 9.97. The van der Waals surface area contributed by atoms with Gasteiger partial charge in [-0.2, -0.15) is 4.72 Å². The van der Waals surface area contributed by atoms with Gasteiger partial charge in [0.15, 0.2) is 5.96 Å². The van der Waals surface area contributed by atoms with Crippen molar-refractivity contribution in [1.82, 2.24) is 19.8 Å². The third kappa shape index (κ3) is 9.50. The summed E-state index contributed by atoms with van der Waals surface area (Å²) in [4.78, 5) is 42.6. The van der Waals surface area contributed by atoms with E-state index in [9.17, 15) is 22.8 Å². The molecule has 3 aromatic carbocycles. The minimum absolute atomic E-state index is 0.00301. The molecule has 13 heteroatoms. The highest BCUT2D eigenvalue weighted by atomic mass is 32.2. The van der Waals surface area contributed by atoms with Crippen LogP contribution >= 0.6 is 0 Å². The normalized spacial score (nSPS) is 14.5. The number of piperidine rings is 1. The van der Waals surface area contributed by atoms with Gasteiger partial charge in [0.1, 0.15) is 12.6 Å². The van der Waals surface area contributed by atoms with Crippen molar-refractivity contribution in [3.63, 3.8) is 0 Å². The molecule has 0 bridgehead atoms. The first-order valence-corrected chi connectivity index (χ1v) is 16.4. The van der Waals surface area contributed by atoms with Crippen LogP contribution in [0.15, 0.2) is 77.7 Å². The van der Waals surface area contributed by atoms with Crippen molar-refractivity contribution < 1.29 is 27.5 Å². The van der Waals surface area contributed by atoms with E-state index in [1.54, 1.807) is 54.3 Å². The quantitative estimate of drug-likeness (QED) is 0.125. The number of rotatable bonds is 13. The number of sulfonamides is 1. The van der Waals surface area contributed by atoms with Crippen LogP contribution in [0.3, 0.4) is 0 Å². The lowest BCUT2D eigenvalue weighted by Gasteiger charge is -2.32. The number of fused-ring (bicyclic) bond motifs is 1. The number of carbonyl (C=O) groups is 3. The number of nitrogens with two attached hydrogens (primary N) is 1. The molecule has 0 radical (unpaired) electrons. The van der Waals surface area contributed by atoms with Crippen LogP contribution in [0.4, 0.5) is 0 Å². The van der Waals surface area contributed by atoms with E-state index in [0.29, 0.717) is 30.6 Å². The van der Waals surface area contributed by atoms with Gasteiger partial charge in [-0.05, 0) is 54.2 Å². The van der Waals surface area contributed by atoms with Crippen LogP contribution in [-0.4, -0.2) is 80.8 Å². The van der Waals surface area contributed by atoms with E-state index in [0.717, 1.165) is 18.2 Å². The Hall–Kier alpha value is -4.49. The molecule has 0 aromatic heterocycles. The first kappa shape index (κ1) is 33.4. The number of nitrogens with zero attached hydrogens (tertiary/aromatic N) is 2. The number of guanidine groups is 1. The second-order valence-corrected chi connectivity index (χ2v) is 12.7. The van der Waals surface area contributed by atoms with Crippen molar-refractivity contribution in [3.05, 3.63) is 78.4 Å². The van der Waals surface area contributed by atoms with E-state index in [-0.39, 0.29) is 29.9 Å². The Kier molecular flexibility index (Phi) is 11.5. The first-order chi connectivity index (χ1) is 21.6. The highest BCUT2D eigenvalue weighted by molar-refractivity contribution is 7.89. The minimum atomic E-state index is -4.27. The van der Waals surface area contributed by atoms with Gasteiger partial charge < -0.3 is 25.6 Å². The van der Waals surface area contributed by atoms with Crippen molar-refractivity contribution >= 4 is 44.5 Å². The average molecular weight is 637 g/mol. The fraction of sp³-hybridized carbons (Fsp3) is 0.375. The molecule has 1 saturated heterocycles. The van der Waals surface area contributed by atoms with Gasteiger partial charge >= 0.3 is 5.97 Å². The Morgan fingerprint density at radius 2 is 1.69 bits per heavy atom. The summed E-state index contributed by atoms with van der Waals surface area (Å²) in [7, 11) is -4.27. The Balaban J connectivity index is 1.56. The molecule has 0 saturated carbocycles. The topological polar surface area (TPSA) is 175 Å². The lowest BCUT2D eigenvalue weighted by Crippen LogP contribution is -2.51. The SMILES string of the molecule is CCOC(=O)CN(Cc1ccccc1)C(=O)[C@H](CC(=O)NCC1CCN(C(=N)N)CC1)NS(=O)(=O)c1ccc2ccccc2c1. The van der Waals surface area contributed by atoms with Crippen LogP contribution < -0.4 is 15.8 Å². The fourth-order valence-electron chi connectivity index (χ4n) is 5.26. The van der Waals surface area contributed by atoms with Gasteiger partial charge in [-0.1, -0.05) is 60.7 Å². The molecule has 45 heavy (non-hydrogen) atoms. The summed E-state index contributed by atoms with van der Waals surface area (Å²) in [5.74, 6) is -1.74. The second-order valence-electron chi connectivity index (χ2n) is 11.0. The third-order valence-electron chi connectivity index (χ3n) is 7.71. The predicted molar refractivity (Wildman–Crippen MR) is 170 cm³/mol. The Morgan fingerprint density at radius 3 is 2.36 bits per heavy atom. The number of ether oxygens (including phenoxy) is 1. The van der Waals surface area contributed by atoms with Crippen LogP contribution in [-0.2, 0) is 35.7 Å². The van der Waals surface area contributed by atoms with Crippen molar-refractivity contribution in [3.8, 4) is 0 Å². The summed E-state index contributed by atoms with van der Waals surface area (Å²) in [6.45, 7) is 2.87. The molecule has 240 valence electrons. The molecule has 0 aliphatic carbocycles. The largest absolute Gasteiger partial charge is 0.465 e. The van der Waals surface area contributed by atoms with E-state index in [4.69, 9.17) is 15.9 Å². The van der Waals surface area contributed by atoms with E-state index in [2.05, 4.69) is 10.0 Å². The molecule has 0 unspecified atom stereocenters. The minimum Gasteiger partial charge on any atom is -0.465 e. The smallest absolute Gasteiger partial charge is 0.325 e. The van der Waals surface area contributed by atoms with Gasteiger partial charge in [0.25, 0.3) is 0 Å². The van der Waals surface area contributed by atoms with Crippen molar-refractivity contribution in [2.45, 2.75) is 43.7 Å². The van der Waals surface area contributed by atoms with Crippen molar-refractivity contribution in [2.24, 2.45) is 11.7 Å². The summed E-state index contributed by atoms with van der Waals surface area (Å²) < 4.78 is 34.8. The number of esters is 1. The molecule has 12 nitrogen and oxygen atoms in total. The predicted octanol–water partition coefficient (Wildman–Crippen LogP) is 2.19. The zero-order valence-corrected chi connectivity index (χ0v) is 26.1. The number of likely N-dealkylation sites (tertiary alicyclic amines) is 1. The van der Waals surface area contributed by atoms with Crippen LogP contribution in [0.2, 0.25) is 0 Å².